The van der Waals surface area contributed by atoms with Crippen molar-refractivity contribution < 1.29 is 22.8 Å². The number of hydrogen-bond donors (Lipinski definition) is 3. The van der Waals surface area contributed by atoms with Gasteiger partial charge in [-0.25, -0.2) is 0 Å². The first-order chi connectivity index (χ1) is 13.9. The zero-order valence-electron chi connectivity index (χ0n) is 16.1. The van der Waals surface area contributed by atoms with Crippen molar-refractivity contribution in [3.05, 3.63) is 48.0 Å². The van der Waals surface area contributed by atoms with E-state index in [1.165, 1.54) is 37.5 Å². The van der Waals surface area contributed by atoms with Gasteiger partial charge in [-0.1, -0.05) is 37.5 Å². The van der Waals surface area contributed by atoms with Gasteiger partial charge in [0.2, 0.25) is 0 Å². The molecule has 0 aliphatic heterocycles. The zero-order chi connectivity index (χ0) is 20.9. The summed E-state index contributed by atoms with van der Waals surface area (Å²) in [6.07, 6.45) is 5.03. The van der Waals surface area contributed by atoms with Crippen molar-refractivity contribution >= 4 is 27.4 Å². The lowest BCUT2D eigenvalue weighted by Gasteiger charge is -2.24. The van der Waals surface area contributed by atoms with Crippen LogP contribution >= 0.6 is 11.6 Å². The van der Waals surface area contributed by atoms with Gasteiger partial charge in [-0.05, 0) is 42.5 Å². The highest BCUT2D eigenvalue weighted by Crippen LogP contribution is 2.40. The van der Waals surface area contributed by atoms with Crippen LogP contribution in [0.3, 0.4) is 0 Å². The maximum Gasteiger partial charge on any atom is 0.294 e. The molecule has 0 saturated heterocycles. The maximum absolute atomic E-state index is 11.6. The summed E-state index contributed by atoms with van der Waals surface area (Å²) in [6.45, 7) is 0.176. The molecule has 158 valence electrons. The number of alkyl halides is 1. The molecule has 1 unspecified atom stereocenters. The van der Waals surface area contributed by atoms with Crippen molar-refractivity contribution in [2.24, 2.45) is 0 Å². The van der Waals surface area contributed by atoms with Crippen LogP contribution in [0.1, 0.15) is 43.6 Å². The first kappa shape index (κ1) is 21.9. The quantitative estimate of drug-likeness (QED) is 0.404. The molecule has 1 atom stereocenters. The molecular formula is C21H26ClNO5S. The molecule has 6 nitrogen and oxygen atoms in total. The third-order valence-corrected chi connectivity index (χ3v) is 6.35. The molecule has 0 radical (unpaired) electrons. The third-order valence-electron chi connectivity index (χ3n) is 5.14. The van der Waals surface area contributed by atoms with Crippen LogP contribution in [-0.4, -0.2) is 36.6 Å². The molecule has 29 heavy (non-hydrogen) atoms. The minimum Gasteiger partial charge on any atom is -0.455 e. The van der Waals surface area contributed by atoms with Crippen molar-refractivity contribution in [3.8, 4) is 11.5 Å². The van der Waals surface area contributed by atoms with Crippen LogP contribution in [0.4, 0.5) is 5.69 Å². The molecule has 1 fully saturated rings. The van der Waals surface area contributed by atoms with E-state index in [0.29, 0.717) is 17.4 Å². The van der Waals surface area contributed by atoms with Gasteiger partial charge in [0.15, 0.2) is 5.75 Å². The summed E-state index contributed by atoms with van der Waals surface area (Å²) >= 11 is 5.65. The number of halogens is 1. The molecule has 1 aliphatic rings. The minimum absolute atomic E-state index is 0.0663. The van der Waals surface area contributed by atoms with Crippen LogP contribution in [0.25, 0.3) is 0 Å². The Hall–Kier alpha value is -1.80. The topological polar surface area (TPSA) is 95.9 Å². The average molecular weight is 440 g/mol. The molecule has 0 amide bonds. The number of aliphatic hydroxyl groups excluding tert-OH is 1. The number of aliphatic hydroxyl groups is 1. The summed E-state index contributed by atoms with van der Waals surface area (Å²) in [6, 6.07) is 11.8. The largest absolute Gasteiger partial charge is 0.455 e. The van der Waals surface area contributed by atoms with Crippen LogP contribution in [0.15, 0.2) is 47.4 Å². The fourth-order valence-corrected chi connectivity index (χ4v) is 4.22. The van der Waals surface area contributed by atoms with Gasteiger partial charge >= 0.3 is 0 Å². The number of para-hydroxylation sites is 1. The molecule has 0 heterocycles. The molecule has 0 aromatic heterocycles. The van der Waals surface area contributed by atoms with Crippen molar-refractivity contribution in [1.29, 1.82) is 0 Å². The monoisotopic (exact) mass is 439 g/mol. The normalized spacial score (nSPS) is 16.4. The van der Waals surface area contributed by atoms with Crippen LogP contribution < -0.4 is 10.1 Å². The number of ether oxygens (including phenoxy) is 1. The molecule has 0 bridgehead atoms. The third kappa shape index (κ3) is 5.85. The number of nitrogens with one attached hydrogen (secondary N) is 1. The summed E-state index contributed by atoms with van der Waals surface area (Å²) in [5.74, 6) is 1.38. The van der Waals surface area contributed by atoms with E-state index in [9.17, 15) is 18.1 Å². The summed E-state index contributed by atoms with van der Waals surface area (Å²) in [5.41, 5.74) is 1.59. The highest BCUT2D eigenvalue weighted by molar-refractivity contribution is 7.85. The first-order valence-electron chi connectivity index (χ1n) is 9.74. The van der Waals surface area contributed by atoms with Gasteiger partial charge in [-0.3, -0.25) is 4.55 Å². The number of benzene rings is 2. The second kappa shape index (κ2) is 9.80. The molecule has 2 aromatic rings. The second-order valence-electron chi connectivity index (χ2n) is 7.30. The van der Waals surface area contributed by atoms with Crippen molar-refractivity contribution in [2.75, 3.05) is 17.7 Å². The Labute approximate surface area is 176 Å². The van der Waals surface area contributed by atoms with E-state index in [4.69, 9.17) is 16.3 Å². The Morgan fingerprint density at radius 3 is 2.52 bits per heavy atom. The minimum atomic E-state index is -4.38. The van der Waals surface area contributed by atoms with E-state index in [1.54, 1.807) is 0 Å². The Morgan fingerprint density at radius 2 is 1.83 bits per heavy atom. The zero-order valence-corrected chi connectivity index (χ0v) is 17.6. The predicted molar refractivity (Wildman–Crippen MR) is 114 cm³/mol. The van der Waals surface area contributed by atoms with Gasteiger partial charge in [-0.2, -0.15) is 8.42 Å². The molecular weight excluding hydrogens is 414 g/mol. The fourth-order valence-electron chi connectivity index (χ4n) is 3.62. The van der Waals surface area contributed by atoms with E-state index in [1.807, 2.05) is 24.3 Å². The van der Waals surface area contributed by atoms with Crippen LogP contribution in [0, 0.1) is 0 Å². The summed E-state index contributed by atoms with van der Waals surface area (Å²) in [5, 5.41) is 12.8. The van der Waals surface area contributed by atoms with E-state index in [2.05, 4.69) is 5.32 Å². The first-order valence-corrected chi connectivity index (χ1v) is 11.7. The summed E-state index contributed by atoms with van der Waals surface area (Å²) < 4.78 is 38.8. The van der Waals surface area contributed by atoms with Crippen molar-refractivity contribution in [3.63, 3.8) is 0 Å². The van der Waals surface area contributed by atoms with Gasteiger partial charge in [0.25, 0.3) is 10.1 Å². The maximum atomic E-state index is 11.6. The fraction of sp³-hybridized carbons (Fsp3) is 0.429. The number of anilines is 1. The number of hydrogen-bond acceptors (Lipinski definition) is 5. The molecule has 2 aromatic carbocycles. The lowest BCUT2D eigenvalue weighted by Crippen LogP contribution is -2.21. The van der Waals surface area contributed by atoms with E-state index < -0.39 is 16.2 Å². The smallest absolute Gasteiger partial charge is 0.294 e. The van der Waals surface area contributed by atoms with Crippen molar-refractivity contribution in [1.82, 2.24) is 0 Å². The van der Waals surface area contributed by atoms with Crippen LogP contribution in [0.2, 0.25) is 0 Å². The lowest BCUT2D eigenvalue weighted by molar-refractivity contribution is 0.211. The van der Waals surface area contributed by atoms with E-state index in [0.717, 1.165) is 18.4 Å². The summed E-state index contributed by atoms with van der Waals surface area (Å²) in [7, 11) is -4.38. The van der Waals surface area contributed by atoms with E-state index >= 15 is 0 Å². The molecule has 3 N–H and O–H groups in total. The standard InChI is InChI=1S/C21H26ClNO5S/c22-13-16(24)14-23-19-11-10-17(29(25,26)27)12-21(19)28-20-9-5-4-8-18(20)15-6-2-1-3-7-15/h4-5,8-12,15-16,23-24H,1-3,6-7,13-14H2,(H,25,26,27). The molecule has 8 heteroatoms. The van der Waals surface area contributed by atoms with Gasteiger partial charge in [0, 0.05) is 12.6 Å². The highest BCUT2D eigenvalue weighted by Gasteiger charge is 2.21. The van der Waals surface area contributed by atoms with Gasteiger partial charge < -0.3 is 15.2 Å². The Morgan fingerprint density at radius 1 is 1.10 bits per heavy atom. The average Bonchev–Trinajstić information content (AvgIpc) is 2.73. The SMILES string of the molecule is O=S(=O)(O)c1ccc(NCC(O)CCl)c(Oc2ccccc2C2CCCCC2)c1. The van der Waals surface area contributed by atoms with E-state index in [-0.39, 0.29) is 23.1 Å². The molecule has 1 saturated carbocycles. The van der Waals surface area contributed by atoms with Crippen LogP contribution in [-0.2, 0) is 10.1 Å². The Balaban J connectivity index is 1.94. The predicted octanol–water partition coefficient (Wildman–Crippen LogP) is 4.78. The molecule has 1 aliphatic carbocycles. The Bertz CT molecular complexity index is 928. The van der Waals surface area contributed by atoms with Crippen LogP contribution in [0.5, 0.6) is 11.5 Å². The van der Waals surface area contributed by atoms with Crippen molar-refractivity contribution in [2.45, 2.75) is 49.0 Å². The lowest BCUT2D eigenvalue weighted by atomic mass is 9.84. The Kier molecular flexibility index (Phi) is 7.40. The van der Waals surface area contributed by atoms with Gasteiger partial charge in [0.1, 0.15) is 5.75 Å². The molecule has 0 spiro atoms. The number of rotatable bonds is 8. The highest BCUT2D eigenvalue weighted by atomic mass is 35.5. The molecule has 3 rings (SSSR count). The second-order valence-corrected chi connectivity index (χ2v) is 9.03. The van der Waals surface area contributed by atoms with Gasteiger partial charge in [0.05, 0.1) is 22.6 Å². The van der Waals surface area contributed by atoms with Gasteiger partial charge in [-0.15, -0.1) is 11.6 Å². The summed E-state index contributed by atoms with van der Waals surface area (Å²) in [4.78, 5) is -0.258.